The lowest BCUT2D eigenvalue weighted by Crippen LogP contribution is -2.49. The monoisotopic (exact) mass is 396 g/mol. The molecule has 0 bridgehead atoms. The number of aromatic nitrogens is 2. The third kappa shape index (κ3) is 4.79. The highest BCUT2D eigenvalue weighted by molar-refractivity contribution is 5.80. The van der Waals surface area contributed by atoms with Crippen LogP contribution in [0, 0.1) is 0 Å². The van der Waals surface area contributed by atoms with E-state index in [-0.39, 0.29) is 6.10 Å². The molecule has 1 N–H and O–H groups in total. The van der Waals surface area contributed by atoms with Crippen molar-refractivity contribution in [3.8, 4) is 0 Å². The molecule has 29 heavy (non-hydrogen) atoms. The first-order valence-corrected chi connectivity index (χ1v) is 10.6. The van der Waals surface area contributed by atoms with Crippen molar-refractivity contribution < 1.29 is 4.74 Å². The van der Waals surface area contributed by atoms with E-state index in [9.17, 15) is 0 Å². The average molecular weight is 397 g/mol. The Morgan fingerprint density at radius 1 is 1.24 bits per heavy atom. The van der Waals surface area contributed by atoms with Crippen molar-refractivity contribution in [3.63, 3.8) is 0 Å². The van der Waals surface area contributed by atoms with Crippen LogP contribution in [0.15, 0.2) is 47.7 Å². The lowest BCUT2D eigenvalue weighted by atomic mass is 10.1. The van der Waals surface area contributed by atoms with Gasteiger partial charge in [-0.2, -0.15) is 5.10 Å². The first-order valence-electron chi connectivity index (χ1n) is 10.6. The minimum absolute atomic E-state index is 0.0273. The Morgan fingerprint density at radius 3 is 2.72 bits per heavy atom. The van der Waals surface area contributed by atoms with Crippen LogP contribution < -0.4 is 5.32 Å². The Bertz CT molecular complexity index is 799. The van der Waals surface area contributed by atoms with Gasteiger partial charge in [0.15, 0.2) is 5.96 Å². The van der Waals surface area contributed by atoms with Crippen molar-refractivity contribution in [2.45, 2.75) is 25.0 Å². The minimum atomic E-state index is 0.0273. The molecule has 156 valence electrons. The second kappa shape index (κ2) is 9.41. The van der Waals surface area contributed by atoms with Crippen molar-refractivity contribution in [2.24, 2.45) is 12.0 Å². The number of nitrogens with zero attached hydrogens (tertiary/aromatic N) is 5. The molecular formula is C22H32N6O. The maximum absolute atomic E-state index is 5.99. The molecule has 2 fully saturated rings. The summed E-state index contributed by atoms with van der Waals surface area (Å²) in [5.41, 5.74) is 2.49. The van der Waals surface area contributed by atoms with Gasteiger partial charge in [0.25, 0.3) is 0 Å². The second-order valence-electron chi connectivity index (χ2n) is 7.85. The van der Waals surface area contributed by atoms with Crippen LogP contribution in [0.3, 0.4) is 0 Å². The van der Waals surface area contributed by atoms with E-state index in [1.54, 1.807) is 0 Å². The Kier molecular flexibility index (Phi) is 6.46. The summed E-state index contributed by atoms with van der Waals surface area (Å²) in [4.78, 5) is 9.46. The molecule has 2 unspecified atom stereocenters. The largest absolute Gasteiger partial charge is 0.370 e. The standard InChI is InChI=1S/C22H32N6O/c1-23-22(28-12-13-29-21(17-28)19-14-25-26(2)16-19)24-15-20(27-10-6-7-11-27)18-8-4-3-5-9-18/h3-5,8-9,14,16,20-21H,6-7,10-13,15,17H2,1-2H3,(H,23,24). The fraction of sp³-hybridized carbons (Fsp3) is 0.545. The molecule has 0 aliphatic carbocycles. The van der Waals surface area contributed by atoms with Gasteiger partial charge in [-0.1, -0.05) is 30.3 Å². The van der Waals surface area contributed by atoms with Crippen LogP contribution >= 0.6 is 0 Å². The van der Waals surface area contributed by atoms with E-state index in [0.29, 0.717) is 12.6 Å². The van der Waals surface area contributed by atoms with Crippen LogP contribution in [0.1, 0.15) is 36.1 Å². The molecule has 2 atom stereocenters. The normalized spacial score (nSPS) is 22.1. The molecule has 4 rings (SSSR count). The SMILES string of the molecule is CN=C(NCC(c1ccccc1)N1CCCC1)N1CCOC(c2cnn(C)c2)C1. The Morgan fingerprint density at radius 2 is 2.03 bits per heavy atom. The highest BCUT2D eigenvalue weighted by Crippen LogP contribution is 2.25. The van der Waals surface area contributed by atoms with Crippen LogP contribution in [0.2, 0.25) is 0 Å². The smallest absolute Gasteiger partial charge is 0.193 e. The highest BCUT2D eigenvalue weighted by atomic mass is 16.5. The number of morpholine rings is 1. The lowest BCUT2D eigenvalue weighted by molar-refractivity contribution is -0.00812. The van der Waals surface area contributed by atoms with Crippen LogP contribution in [-0.4, -0.2) is 71.9 Å². The third-order valence-corrected chi connectivity index (χ3v) is 5.89. The van der Waals surface area contributed by atoms with Crippen molar-refractivity contribution in [1.82, 2.24) is 24.9 Å². The molecule has 2 aliphatic heterocycles. The zero-order valence-corrected chi connectivity index (χ0v) is 17.5. The van der Waals surface area contributed by atoms with Crippen LogP contribution in [-0.2, 0) is 11.8 Å². The van der Waals surface area contributed by atoms with E-state index in [0.717, 1.165) is 31.2 Å². The topological polar surface area (TPSA) is 57.9 Å². The van der Waals surface area contributed by atoms with Gasteiger partial charge >= 0.3 is 0 Å². The van der Waals surface area contributed by atoms with E-state index in [2.05, 4.69) is 55.5 Å². The molecule has 7 nitrogen and oxygen atoms in total. The summed E-state index contributed by atoms with van der Waals surface area (Å²) in [6, 6.07) is 11.2. The third-order valence-electron chi connectivity index (χ3n) is 5.89. The summed E-state index contributed by atoms with van der Waals surface area (Å²) in [6.07, 6.45) is 6.52. The lowest BCUT2D eigenvalue weighted by Gasteiger charge is -2.36. The molecule has 0 saturated carbocycles. The van der Waals surface area contributed by atoms with Crippen molar-refractivity contribution in [3.05, 3.63) is 53.9 Å². The van der Waals surface area contributed by atoms with E-state index in [4.69, 9.17) is 4.74 Å². The number of hydrogen-bond acceptors (Lipinski definition) is 4. The number of ether oxygens (including phenoxy) is 1. The molecule has 7 heteroatoms. The summed E-state index contributed by atoms with van der Waals surface area (Å²) < 4.78 is 7.82. The van der Waals surface area contributed by atoms with Gasteiger partial charge in [0.1, 0.15) is 6.10 Å². The molecule has 1 aromatic heterocycles. The number of rotatable bonds is 5. The van der Waals surface area contributed by atoms with E-state index >= 15 is 0 Å². The molecule has 2 aromatic rings. The van der Waals surface area contributed by atoms with Crippen molar-refractivity contribution in [1.29, 1.82) is 0 Å². The molecule has 0 amide bonds. The van der Waals surface area contributed by atoms with Gasteiger partial charge in [-0.3, -0.25) is 14.6 Å². The van der Waals surface area contributed by atoms with Crippen molar-refractivity contribution >= 4 is 5.96 Å². The summed E-state index contributed by atoms with van der Waals surface area (Å²) in [6.45, 7) is 5.50. The number of guanidine groups is 1. The van der Waals surface area contributed by atoms with Gasteiger partial charge in [-0.15, -0.1) is 0 Å². The summed E-state index contributed by atoms with van der Waals surface area (Å²) in [5, 5.41) is 7.94. The molecular weight excluding hydrogens is 364 g/mol. The Hall–Kier alpha value is -2.38. The van der Waals surface area contributed by atoms with E-state index in [1.807, 2.05) is 31.2 Å². The van der Waals surface area contributed by atoms with Crippen LogP contribution in [0.5, 0.6) is 0 Å². The fourth-order valence-electron chi connectivity index (χ4n) is 4.36. The maximum Gasteiger partial charge on any atom is 0.193 e. The maximum atomic E-state index is 5.99. The number of aliphatic imine (C=N–C) groups is 1. The predicted molar refractivity (Wildman–Crippen MR) is 115 cm³/mol. The van der Waals surface area contributed by atoms with E-state index < -0.39 is 0 Å². The number of benzene rings is 1. The summed E-state index contributed by atoms with van der Waals surface area (Å²) in [5.74, 6) is 0.947. The molecule has 2 aliphatic rings. The molecule has 1 aromatic carbocycles. The molecule has 0 radical (unpaired) electrons. The predicted octanol–water partition coefficient (Wildman–Crippen LogP) is 2.21. The quantitative estimate of drug-likeness (QED) is 0.620. The summed E-state index contributed by atoms with van der Waals surface area (Å²) in [7, 11) is 3.80. The molecule has 3 heterocycles. The Labute approximate surface area is 173 Å². The highest BCUT2D eigenvalue weighted by Gasteiger charge is 2.27. The van der Waals surface area contributed by atoms with Gasteiger partial charge in [-0.25, -0.2) is 0 Å². The van der Waals surface area contributed by atoms with Gasteiger partial charge in [-0.05, 0) is 31.5 Å². The van der Waals surface area contributed by atoms with Gasteiger partial charge < -0.3 is 15.0 Å². The molecule has 2 saturated heterocycles. The summed E-state index contributed by atoms with van der Waals surface area (Å²) >= 11 is 0. The number of hydrogen-bond donors (Lipinski definition) is 1. The van der Waals surface area contributed by atoms with E-state index in [1.165, 1.54) is 31.5 Å². The molecule has 0 spiro atoms. The van der Waals surface area contributed by atoms with Crippen LogP contribution in [0.25, 0.3) is 0 Å². The number of likely N-dealkylation sites (tertiary alicyclic amines) is 1. The average Bonchev–Trinajstić information content (AvgIpc) is 3.44. The Balaban J connectivity index is 1.42. The van der Waals surface area contributed by atoms with Gasteiger partial charge in [0.05, 0.1) is 25.4 Å². The minimum Gasteiger partial charge on any atom is -0.370 e. The van der Waals surface area contributed by atoms with Crippen molar-refractivity contribution in [2.75, 3.05) is 46.4 Å². The van der Waals surface area contributed by atoms with Gasteiger partial charge in [0, 0.05) is 38.9 Å². The first-order chi connectivity index (χ1) is 14.2. The second-order valence-corrected chi connectivity index (χ2v) is 7.85. The van der Waals surface area contributed by atoms with Crippen LogP contribution in [0.4, 0.5) is 0 Å². The zero-order chi connectivity index (χ0) is 20.1. The zero-order valence-electron chi connectivity index (χ0n) is 17.5. The first kappa shape index (κ1) is 19.9. The fourth-order valence-corrected chi connectivity index (χ4v) is 4.36. The number of nitrogens with one attached hydrogen (secondary N) is 1. The van der Waals surface area contributed by atoms with Gasteiger partial charge in [0.2, 0.25) is 0 Å². The number of aryl methyl sites for hydroxylation is 1.